The first-order valence-corrected chi connectivity index (χ1v) is 12.8. The summed E-state index contributed by atoms with van der Waals surface area (Å²) in [6.45, 7) is 6.79. The molecule has 4 aromatic rings. The number of alkyl halides is 3. The minimum absolute atomic E-state index is 0.277. The van der Waals surface area contributed by atoms with Crippen LogP contribution in [0.3, 0.4) is 0 Å². The molecule has 2 saturated heterocycles. The van der Waals surface area contributed by atoms with Gasteiger partial charge in [-0.15, -0.1) is 11.3 Å². The van der Waals surface area contributed by atoms with Crippen LogP contribution in [0.2, 0.25) is 0 Å². The molecule has 2 fully saturated rings. The van der Waals surface area contributed by atoms with Crippen molar-refractivity contribution in [3.63, 3.8) is 0 Å². The topological polar surface area (TPSA) is 71.8 Å². The fourth-order valence-electron chi connectivity index (χ4n) is 5.82. The lowest BCUT2D eigenvalue weighted by Gasteiger charge is -2.54. The summed E-state index contributed by atoms with van der Waals surface area (Å²) in [5.41, 5.74) is 4.37. The number of aryl methyl sites for hydroxylation is 1. The van der Waals surface area contributed by atoms with Crippen molar-refractivity contribution in [2.75, 3.05) is 31.1 Å². The van der Waals surface area contributed by atoms with E-state index in [1.54, 1.807) is 6.07 Å². The van der Waals surface area contributed by atoms with E-state index in [4.69, 9.17) is 0 Å². The van der Waals surface area contributed by atoms with E-state index in [2.05, 4.69) is 49.9 Å². The van der Waals surface area contributed by atoms with Gasteiger partial charge in [-0.05, 0) is 54.5 Å². The van der Waals surface area contributed by atoms with Crippen molar-refractivity contribution in [2.45, 2.75) is 38.9 Å². The van der Waals surface area contributed by atoms with Gasteiger partial charge in [0.1, 0.15) is 28.7 Å². The molecule has 6 nitrogen and oxygen atoms in total. The van der Waals surface area contributed by atoms with Crippen LogP contribution in [0.15, 0.2) is 30.6 Å². The monoisotopic (exact) mass is 510 g/mol. The average Bonchev–Trinajstić information content (AvgIpc) is 3.42. The van der Waals surface area contributed by atoms with Crippen LogP contribution in [-0.2, 0) is 13.0 Å². The molecule has 5 heterocycles. The summed E-state index contributed by atoms with van der Waals surface area (Å²) in [7, 11) is 0. The third-order valence-electron chi connectivity index (χ3n) is 7.68. The van der Waals surface area contributed by atoms with Crippen molar-refractivity contribution in [3.8, 4) is 6.07 Å². The number of fused-ring (bicyclic) bond motifs is 2. The van der Waals surface area contributed by atoms with Crippen LogP contribution >= 0.6 is 11.3 Å². The Hall–Kier alpha value is -3.16. The number of hydrogen-bond donors (Lipinski definition) is 1. The smallest absolute Gasteiger partial charge is 0.356 e. The first-order chi connectivity index (χ1) is 17.2. The maximum atomic E-state index is 12.9. The van der Waals surface area contributed by atoms with Gasteiger partial charge in [0.15, 0.2) is 0 Å². The zero-order chi connectivity index (χ0) is 25.1. The molecule has 0 aliphatic carbocycles. The molecule has 10 heteroatoms. The Morgan fingerprint density at radius 3 is 2.64 bits per heavy atom. The van der Waals surface area contributed by atoms with Crippen LogP contribution < -0.4 is 4.90 Å². The Morgan fingerprint density at radius 1 is 1.14 bits per heavy atom. The predicted molar refractivity (Wildman–Crippen MR) is 134 cm³/mol. The number of piperidine rings is 1. The number of thiophene rings is 1. The highest BCUT2D eigenvalue weighted by Crippen LogP contribution is 2.43. The molecule has 1 spiro atoms. The number of hydrogen-bond acceptors (Lipinski definition) is 6. The van der Waals surface area contributed by atoms with Crippen molar-refractivity contribution in [1.82, 2.24) is 19.9 Å². The molecule has 36 heavy (non-hydrogen) atoms. The van der Waals surface area contributed by atoms with E-state index in [0.717, 1.165) is 79.0 Å². The molecule has 6 rings (SSSR count). The van der Waals surface area contributed by atoms with Crippen LogP contribution in [0, 0.1) is 23.7 Å². The molecule has 0 bridgehead atoms. The molecule has 2 aliphatic rings. The number of rotatable bonds is 4. The molecular formula is C26H25F3N6S. The normalized spacial score (nSPS) is 18.1. The number of aromatic nitrogens is 3. The Morgan fingerprint density at radius 2 is 1.92 bits per heavy atom. The van der Waals surface area contributed by atoms with Gasteiger partial charge in [-0.1, -0.05) is 6.07 Å². The fourth-order valence-corrected chi connectivity index (χ4v) is 6.84. The zero-order valence-electron chi connectivity index (χ0n) is 19.8. The molecule has 0 radical (unpaired) electrons. The number of anilines is 1. The summed E-state index contributed by atoms with van der Waals surface area (Å²) in [5.74, 6) is 0.753. The van der Waals surface area contributed by atoms with Gasteiger partial charge in [0, 0.05) is 48.5 Å². The van der Waals surface area contributed by atoms with Gasteiger partial charge >= 0.3 is 6.18 Å². The van der Waals surface area contributed by atoms with Gasteiger partial charge < -0.3 is 9.88 Å². The number of nitrogens with one attached hydrogen (secondary N) is 1. The predicted octanol–water partition coefficient (Wildman–Crippen LogP) is 5.56. The largest absolute Gasteiger partial charge is 0.393 e. The molecule has 0 amide bonds. The zero-order valence-corrected chi connectivity index (χ0v) is 20.6. The summed E-state index contributed by atoms with van der Waals surface area (Å²) in [4.78, 5) is 17.4. The highest BCUT2D eigenvalue weighted by atomic mass is 32.1. The number of nitriles is 1. The van der Waals surface area contributed by atoms with Crippen LogP contribution in [0.5, 0.6) is 0 Å². The highest BCUT2D eigenvalue weighted by molar-refractivity contribution is 7.18. The molecule has 186 valence electrons. The lowest BCUT2D eigenvalue weighted by molar-refractivity contribution is -0.126. The fraction of sp³-hybridized carbons (Fsp3) is 0.423. The number of benzene rings is 1. The minimum Gasteiger partial charge on any atom is -0.356 e. The molecule has 3 aromatic heterocycles. The third kappa shape index (κ3) is 4.20. The number of H-pyrrole nitrogens is 1. The van der Waals surface area contributed by atoms with Gasteiger partial charge in [-0.3, -0.25) is 4.90 Å². The summed E-state index contributed by atoms with van der Waals surface area (Å²) in [5, 5.41) is 11.0. The van der Waals surface area contributed by atoms with E-state index in [0.29, 0.717) is 15.9 Å². The summed E-state index contributed by atoms with van der Waals surface area (Å²) >= 11 is 1.10. The van der Waals surface area contributed by atoms with Crippen LogP contribution in [0.4, 0.5) is 19.0 Å². The highest BCUT2D eigenvalue weighted by Gasteiger charge is 2.45. The van der Waals surface area contributed by atoms with E-state index in [-0.39, 0.29) is 4.88 Å². The van der Waals surface area contributed by atoms with E-state index in [1.165, 1.54) is 17.5 Å². The first-order valence-electron chi connectivity index (χ1n) is 12.0. The quantitative estimate of drug-likeness (QED) is 0.389. The maximum absolute atomic E-state index is 12.9. The van der Waals surface area contributed by atoms with Gasteiger partial charge in [0.05, 0.1) is 11.8 Å². The summed E-state index contributed by atoms with van der Waals surface area (Å²) in [6, 6.07) is 9.92. The average molecular weight is 511 g/mol. The summed E-state index contributed by atoms with van der Waals surface area (Å²) < 4.78 is 38.6. The molecule has 0 unspecified atom stereocenters. The summed E-state index contributed by atoms with van der Waals surface area (Å²) in [6.07, 6.45) is -1.62. The third-order valence-corrected chi connectivity index (χ3v) is 8.72. The molecule has 1 N–H and O–H groups in total. The van der Waals surface area contributed by atoms with Crippen LogP contribution in [0.1, 0.15) is 34.5 Å². The minimum atomic E-state index is -4.23. The van der Waals surface area contributed by atoms with Crippen LogP contribution in [0.25, 0.3) is 21.1 Å². The first kappa shape index (κ1) is 23.3. The Balaban J connectivity index is 1.10. The maximum Gasteiger partial charge on any atom is 0.393 e. The van der Waals surface area contributed by atoms with Crippen molar-refractivity contribution in [2.24, 2.45) is 5.41 Å². The van der Waals surface area contributed by atoms with E-state index >= 15 is 0 Å². The van der Waals surface area contributed by atoms with Crippen molar-refractivity contribution >= 4 is 38.3 Å². The Labute approximate surface area is 210 Å². The molecule has 2 aliphatic heterocycles. The van der Waals surface area contributed by atoms with Crippen molar-refractivity contribution in [3.05, 3.63) is 52.3 Å². The van der Waals surface area contributed by atoms with Gasteiger partial charge in [-0.25, -0.2) is 9.97 Å². The lowest BCUT2D eigenvalue weighted by Crippen LogP contribution is -2.59. The standard InChI is InChI=1S/C26H25F3N6S/c1-16-17(2-3-22-20(16)8-18(11-30)33-22)12-34-13-25(14-34)4-6-35(7-5-25)23-21-9-19(10-26(27,28)29)36-24(21)32-15-31-23/h2-3,8-9,15,33H,4-7,10,12-14H2,1H3. The number of halogens is 3. The number of aromatic amines is 1. The molecular weight excluding hydrogens is 485 g/mol. The molecule has 0 saturated carbocycles. The second kappa shape index (κ2) is 8.46. The van der Waals surface area contributed by atoms with Gasteiger partial charge in [0.2, 0.25) is 0 Å². The molecule has 0 atom stereocenters. The number of likely N-dealkylation sites (tertiary alicyclic amines) is 1. The Bertz CT molecular complexity index is 1480. The lowest BCUT2D eigenvalue weighted by atomic mass is 9.71. The van der Waals surface area contributed by atoms with Gasteiger partial charge in [0.25, 0.3) is 0 Å². The van der Waals surface area contributed by atoms with E-state index < -0.39 is 12.6 Å². The van der Waals surface area contributed by atoms with Crippen LogP contribution in [-0.4, -0.2) is 52.2 Å². The van der Waals surface area contributed by atoms with Crippen molar-refractivity contribution < 1.29 is 13.2 Å². The van der Waals surface area contributed by atoms with E-state index in [1.807, 2.05) is 6.07 Å². The van der Waals surface area contributed by atoms with Crippen molar-refractivity contribution in [1.29, 1.82) is 5.26 Å². The number of nitrogens with zero attached hydrogens (tertiary/aromatic N) is 5. The SMILES string of the molecule is Cc1c(CN2CC3(CCN(c4ncnc5sc(CC(F)(F)F)cc45)CC3)C2)ccc2[nH]c(C#N)cc12. The van der Waals surface area contributed by atoms with E-state index in [9.17, 15) is 18.4 Å². The second-order valence-electron chi connectivity index (χ2n) is 10.2. The Kier molecular flexibility index (Phi) is 5.46. The van der Waals surface area contributed by atoms with Gasteiger partial charge in [-0.2, -0.15) is 18.4 Å². The second-order valence-corrected chi connectivity index (χ2v) is 11.3. The molecule has 1 aromatic carbocycles.